The quantitative estimate of drug-likeness (QED) is 0.210. The Bertz CT molecular complexity index is 293. The fraction of sp³-hybridized carbons (Fsp3) is 0.800. The van der Waals surface area contributed by atoms with Gasteiger partial charge in [0, 0.05) is 20.1 Å². The molecule has 0 spiro atoms. The van der Waals surface area contributed by atoms with Gasteiger partial charge in [0.05, 0.1) is 0 Å². The number of halogens is 1. The molecule has 0 radical (unpaired) electrons. The highest BCUT2D eigenvalue weighted by atomic mass is 127. The van der Waals surface area contributed by atoms with Crippen molar-refractivity contribution in [1.29, 1.82) is 0 Å². The second kappa shape index (κ2) is 14.0. The highest BCUT2D eigenvalue weighted by Crippen LogP contribution is 2.19. The van der Waals surface area contributed by atoms with Crippen LogP contribution in [0.1, 0.15) is 44.9 Å². The molecule has 5 heteroatoms. The number of nitrogens with zero attached hydrogens (tertiary/aromatic N) is 1. The lowest BCUT2D eigenvalue weighted by Gasteiger charge is -2.15. The van der Waals surface area contributed by atoms with Crippen molar-refractivity contribution in [2.75, 3.05) is 32.1 Å². The van der Waals surface area contributed by atoms with Crippen molar-refractivity contribution in [3.8, 4) is 0 Å². The van der Waals surface area contributed by atoms with Gasteiger partial charge in [0.15, 0.2) is 5.96 Å². The molecule has 0 amide bonds. The Morgan fingerprint density at radius 3 is 2.70 bits per heavy atom. The molecule has 0 saturated heterocycles. The lowest BCUT2D eigenvalue weighted by atomic mass is 9.97. The summed E-state index contributed by atoms with van der Waals surface area (Å²) in [7, 11) is 1.84. The number of hydrogen-bond acceptors (Lipinski definition) is 2. The molecule has 118 valence electrons. The largest absolute Gasteiger partial charge is 0.356 e. The van der Waals surface area contributed by atoms with Gasteiger partial charge in [-0.15, -0.1) is 24.0 Å². The zero-order valence-electron chi connectivity index (χ0n) is 12.9. The molecule has 20 heavy (non-hydrogen) atoms. The predicted molar refractivity (Wildman–Crippen MR) is 104 cm³/mol. The molecule has 0 unspecified atom stereocenters. The standard InChI is InChI=1S/C15H29N3S.HI/c1-16-15(17-11-6-7-13-19-2)18-12-10-14-8-4-3-5-9-14;/h8H,3-7,9-13H2,1-2H3,(H2,16,17,18);1H. The van der Waals surface area contributed by atoms with E-state index in [4.69, 9.17) is 0 Å². The molecular formula is C15H30IN3S. The normalized spacial score (nSPS) is 15.3. The fourth-order valence-electron chi connectivity index (χ4n) is 2.27. The minimum Gasteiger partial charge on any atom is -0.356 e. The van der Waals surface area contributed by atoms with Gasteiger partial charge in [0.25, 0.3) is 0 Å². The number of aliphatic imine (C=N–C) groups is 1. The van der Waals surface area contributed by atoms with Crippen molar-refractivity contribution < 1.29 is 0 Å². The van der Waals surface area contributed by atoms with Gasteiger partial charge in [0.2, 0.25) is 0 Å². The lowest BCUT2D eigenvalue weighted by molar-refractivity contribution is 0.663. The van der Waals surface area contributed by atoms with Crippen LogP contribution in [0.2, 0.25) is 0 Å². The van der Waals surface area contributed by atoms with Crippen LogP contribution in [0.5, 0.6) is 0 Å². The molecule has 0 aliphatic heterocycles. The van der Waals surface area contributed by atoms with E-state index in [0.717, 1.165) is 25.5 Å². The molecule has 1 rings (SSSR count). The molecular weight excluding hydrogens is 381 g/mol. The summed E-state index contributed by atoms with van der Waals surface area (Å²) in [6.07, 6.45) is 13.5. The number of nitrogens with one attached hydrogen (secondary N) is 2. The van der Waals surface area contributed by atoms with Gasteiger partial charge in [-0.25, -0.2) is 0 Å². The smallest absolute Gasteiger partial charge is 0.190 e. The van der Waals surface area contributed by atoms with Crippen molar-refractivity contribution in [2.24, 2.45) is 4.99 Å². The van der Waals surface area contributed by atoms with Gasteiger partial charge in [-0.2, -0.15) is 11.8 Å². The van der Waals surface area contributed by atoms with E-state index in [2.05, 4.69) is 28.0 Å². The molecule has 1 aliphatic carbocycles. The van der Waals surface area contributed by atoms with Crippen molar-refractivity contribution >= 4 is 41.7 Å². The third kappa shape index (κ3) is 9.91. The zero-order chi connectivity index (χ0) is 13.8. The number of thioether (sulfide) groups is 1. The highest BCUT2D eigenvalue weighted by Gasteiger charge is 2.03. The molecule has 0 bridgehead atoms. The van der Waals surface area contributed by atoms with Gasteiger partial charge >= 0.3 is 0 Å². The van der Waals surface area contributed by atoms with Crippen LogP contribution < -0.4 is 10.6 Å². The maximum absolute atomic E-state index is 4.26. The van der Waals surface area contributed by atoms with Crippen LogP contribution in [0.3, 0.4) is 0 Å². The van der Waals surface area contributed by atoms with Crippen molar-refractivity contribution in [2.45, 2.75) is 44.9 Å². The summed E-state index contributed by atoms with van der Waals surface area (Å²) in [5, 5.41) is 6.78. The number of rotatable bonds is 8. The van der Waals surface area contributed by atoms with E-state index < -0.39 is 0 Å². The second-order valence-corrected chi connectivity index (χ2v) is 5.97. The highest BCUT2D eigenvalue weighted by molar-refractivity contribution is 14.0. The Kier molecular flexibility index (Phi) is 14.1. The Morgan fingerprint density at radius 1 is 1.25 bits per heavy atom. The first kappa shape index (κ1) is 20.1. The third-order valence-electron chi connectivity index (χ3n) is 3.41. The topological polar surface area (TPSA) is 36.4 Å². The molecule has 3 nitrogen and oxygen atoms in total. The lowest BCUT2D eigenvalue weighted by Crippen LogP contribution is -2.38. The van der Waals surface area contributed by atoms with E-state index in [0.29, 0.717) is 0 Å². The van der Waals surface area contributed by atoms with Crippen LogP contribution in [0.15, 0.2) is 16.6 Å². The molecule has 0 heterocycles. The van der Waals surface area contributed by atoms with Gasteiger partial charge < -0.3 is 10.6 Å². The minimum absolute atomic E-state index is 0. The Balaban J connectivity index is 0.00000361. The summed E-state index contributed by atoms with van der Waals surface area (Å²) in [6, 6.07) is 0. The van der Waals surface area contributed by atoms with Crippen LogP contribution in [0, 0.1) is 0 Å². The van der Waals surface area contributed by atoms with Crippen molar-refractivity contribution in [1.82, 2.24) is 10.6 Å². The number of hydrogen-bond donors (Lipinski definition) is 2. The van der Waals surface area contributed by atoms with Gasteiger partial charge in [-0.05, 0) is 57.0 Å². The summed E-state index contributed by atoms with van der Waals surface area (Å²) in [4.78, 5) is 4.26. The van der Waals surface area contributed by atoms with Crippen molar-refractivity contribution in [3.63, 3.8) is 0 Å². The van der Waals surface area contributed by atoms with Gasteiger partial charge in [0.1, 0.15) is 0 Å². The zero-order valence-corrected chi connectivity index (χ0v) is 16.1. The molecule has 0 saturated carbocycles. The molecule has 0 fully saturated rings. The number of allylic oxidation sites excluding steroid dienone is 1. The van der Waals surface area contributed by atoms with Gasteiger partial charge in [-0.1, -0.05) is 11.6 Å². The summed E-state index contributed by atoms with van der Waals surface area (Å²) in [5.74, 6) is 2.20. The van der Waals surface area contributed by atoms with Gasteiger partial charge in [-0.3, -0.25) is 4.99 Å². The van der Waals surface area contributed by atoms with E-state index in [9.17, 15) is 0 Å². The van der Waals surface area contributed by atoms with E-state index >= 15 is 0 Å². The van der Waals surface area contributed by atoms with E-state index in [-0.39, 0.29) is 24.0 Å². The first-order chi connectivity index (χ1) is 9.36. The van der Waals surface area contributed by atoms with Crippen LogP contribution in [-0.2, 0) is 0 Å². The molecule has 0 aromatic heterocycles. The molecule has 2 N–H and O–H groups in total. The maximum atomic E-state index is 4.26. The van der Waals surface area contributed by atoms with Crippen LogP contribution >= 0.6 is 35.7 Å². The van der Waals surface area contributed by atoms with Crippen LogP contribution in [0.25, 0.3) is 0 Å². The number of unbranched alkanes of at least 4 members (excludes halogenated alkanes) is 1. The summed E-state index contributed by atoms with van der Waals surface area (Å²) in [5.41, 5.74) is 1.62. The van der Waals surface area contributed by atoms with E-state index in [1.54, 1.807) is 5.57 Å². The Labute approximate surface area is 145 Å². The van der Waals surface area contributed by atoms with E-state index in [1.807, 2.05) is 18.8 Å². The molecule has 0 aromatic rings. The number of guanidine groups is 1. The first-order valence-electron chi connectivity index (χ1n) is 7.48. The predicted octanol–water partition coefficient (Wildman–Crippen LogP) is 3.80. The first-order valence-corrected chi connectivity index (χ1v) is 8.87. The fourth-order valence-corrected chi connectivity index (χ4v) is 2.76. The summed E-state index contributed by atoms with van der Waals surface area (Å²) < 4.78 is 0. The monoisotopic (exact) mass is 411 g/mol. The van der Waals surface area contributed by atoms with Crippen LogP contribution in [-0.4, -0.2) is 38.1 Å². The summed E-state index contributed by atoms with van der Waals surface area (Å²) >= 11 is 1.92. The maximum Gasteiger partial charge on any atom is 0.190 e. The third-order valence-corrected chi connectivity index (χ3v) is 4.11. The second-order valence-electron chi connectivity index (χ2n) is 4.98. The summed E-state index contributed by atoms with van der Waals surface area (Å²) in [6.45, 7) is 2.01. The Morgan fingerprint density at radius 2 is 2.05 bits per heavy atom. The minimum atomic E-state index is 0. The average Bonchev–Trinajstić information content (AvgIpc) is 2.46. The van der Waals surface area contributed by atoms with Crippen LogP contribution in [0.4, 0.5) is 0 Å². The molecule has 1 aliphatic rings. The Hall–Kier alpha value is 0.0900. The van der Waals surface area contributed by atoms with E-state index in [1.165, 1.54) is 44.3 Å². The molecule has 0 atom stereocenters. The molecule has 0 aromatic carbocycles. The SMILES string of the molecule is CN=C(NCCCCSC)NCCC1=CCCCC1.I. The average molecular weight is 411 g/mol. The van der Waals surface area contributed by atoms with Crippen molar-refractivity contribution in [3.05, 3.63) is 11.6 Å².